The highest BCUT2D eigenvalue weighted by molar-refractivity contribution is 9.10. The maximum atomic E-state index is 9.16. The molecule has 0 spiro atoms. The van der Waals surface area contributed by atoms with Crippen LogP contribution in [-0.2, 0) is 0 Å². The molecule has 0 radical (unpaired) electrons. The Morgan fingerprint density at radius 2 is 2.05 bits per heavy atom. The van der Waals surface area contributed by atoms with Crippen molar-refractivity contribution in [1.29, 1.82) is 5.26 Å². The van der Waals surface area contributed by atoms with Gasteiger partial charge in [0.05, 0.1) is 11.3 Å². The SMILES string of the molecule is CN1C2CCC1CC(CNc1cc(Br)ccc1C#N)C2. The molecular formula is C16H20BrN3. The Bertz CT molecular complexity index is 523. The lowest BCUT2D eigenvalue weighted by Gasteiger charge is -2.36. The van der Waals surface area contributed by atoms with E-state index in [-0.39, 0.29) is 0 Å². The smallest absolute Gasteiger partial charge is 0.101 e. The van der Waals surface area contributed by atoms with Gasteiger partial charge >= 0.3 is 0 Å². The van der Waals surface area contributed by atoms with Crippen LogP contribution in [0.4, 0.5) is 5.69 Å². The molecule has 2 saturated heterocycles. The van der Waals surface area contributed by atoms with Crippen LogP contribution in [0.15, 0.2) is 22.7 Å². The van der Waals surface area contributed by atoms with Crippen molar-refractivity contribution in [3.8, 4) is 6.07 Å². The molecule has 2 heterocycles. The first kappa shape index (κ1) is 13.9. The highest BCUT2D eigenvalue weighted by atomic mass is 79.9. The number of halogens is 1. The number of rotatable bonds is 3. The number of nitriles is 1. The first-order valence-electron chi connectivity index (χ1n) is 7.33. The monoisotopic (exact) mass is 333 g/mol. The maximum absolute atomic E-state index is 9.16. The highest BCUT2D eigenvalue weighted by Gasteiger charge is 2.38. The zero-order valence-corrected chi connectivity index (χ0v) is 13.4. The predicted molar refractivity (Wildman–Crippen MR) is 84.6 cm³/mol. The number of fused-ring (bicyclic) bond motifs is 2. The molecule has 2 unspecified atom stereocenters. The van der Waals surface area contributed by atoms with Gasteiger partial charge < -0.3 is 10.2 Å². The van der Waals surface area contributed by atoms with Crippen LogP contribution in [0.1, 0.15) is 31.2 Å². The third-order valence-corrected chi connectivity index (χ3v) is 5.37. The van der Waals surface area contributed by atoms with Crippen molar-refractivity contribution in [1.82, 2.24) is 4.90 Å². The summed E-state index contributed by atoms with van der Waals surface area (Å²) in [5.41, 5.74) is 1.68. The Hall–Kier alpha value is -1.05. The first-order chi connectivity index (χ1) is 9.67. The van der Waals surface area contributed by atoms with Gasteiger partial charge in [-0.15, -0.1) is 0 Å². The number of benzene rings is 1. The molecule has 0 aromatic heterocycles. The van der Waals surface area contributed by atoms with Crippen LogP contribution in [0.5, 0.6) is 0 Å². The molecule has 106 valence electrons. The van der Waals surface area contributed by atoms with Crippen LogP contribution >= 0.6 is 15.9 Å². The molecule has 1 N–H and O–H groups in total. The predicted octanol–water partition coefficient (Wildman–Crippen LogP) is 3.61. The summed E-state index contributed by atoms with van der Waals surface area (Å²) in [5.74, 6) is 0.731. The maximum Gasteiger partial charge on any atom is 0.101 e. The highest BCUT2D eigenvalue weighted by Crippen LogP contribution is 2.37. The first-order valence-corrected chi connectivity index (χ1v) is 8.12. The van der Waals surface area contributed by atoms with Crippen LogP contribution in [0.25, 0.3) is 0 Å². The summed E-state index contributed by atoms with van der Waals surface area (Å²) in [6.07, 6.45) is 5.29. The molecule has 20 heavy (non-hydrogen) atoms. The second-order valence-electron chi connectivity index (χ2n) is 6.07. The minimum absolute atomic E-state index is 0.726. The van der Waals surface area contributed by atoms with E-state index >= 15 is 0 Å². The third-order valence-electron chi connectivity index (χ3n) is 4.88. The Morgan fingerprint density at radius 3 is 2.70 bits per heavy atom. The lowest BCUT2D eigenvalue weighted by molar-refractivity contribution is 0.139. The summed E-state index contributed by atoms with van der Waals surface area (Å²) in [5, 5.41) is 12.7. The molecule has 2 aliphatic rings. The molecule has 1 aromatic carbocycles. The average molecular weight is 334 g/mol. The molecule has 2 fully saturated rings. The van der Waals surface area contributed by atoms with Gasteiger partial charge in [-0.3, -0.25) is 0 Å². The summed E-state index contributed by atoms with van der Waals surface area (Å²) in [6.45, 7) is 0.978. The van der Waals surface area contributed by atoms with Gasteiger partial charge in [-0.1, -0.05) is 15.9 Å². The van der Waals surface area contributed by atoms with Gasteiger partial charge in [0.25, 0.3) is 0 Å². The van der Waals surface area contributed by atoms with Crippen molar-refractivity contribution in [3.63, 3.8) is 0 Å². The van der Waals surface area contributed by atoms with Gasteiger partial charge in [-0.05, 0) is 56.8 Å². The van der Waals surface area contributed by atoms with E-state index in [1.807, 2.05) is 18.2 Å². The fourth-order valence-corrected chi connectivity index (χ4v) is 4.07. The lowest BCUT2D eigenvalue weighted by atomic mass is 9.91. The van der Waals surface area contributed by atoms with Crippen LogP contribution in [0.3, 0.4) is 0 Å². The molecular weight excluding hydrogens is 314 g/mol. The Morgan fingerprint density at radius 1 is 1.35 bits per heavy atom. The Labute approximate surface area is 129 Å². The molecule has 4 heteroatoms. The molecule has 0 aliphatic carbocycles. The normalized spacial score (nSPS) is 29.1. The minimum atomic E-state index is 0.726. The molecule has 1 aromatic rings. The molecule has 3 nitrogen and oxygen atoms in total. The summed E-state index contributed by atoms with van der Waals surface area (Å²) < 4.78 is 1.02. The van der Waals surface area contributed by atoms with Gasteiger partial charge in [0.2, 0.25) is 0 Å². The van der Waals surface area contributed by atoms with Crippen LogP contribution in [0.2, 0.25) is 0 Å². The van der Waals surface area contributed by atoms with E-state index in [1.54, 1.807) is 0 Å². The standard InChI is InChI=1S/C16H20BrN3/c1-20-14-4-5-15(20)7-11(6-14)10-19-16-8-13(17)3-2-12(16)9-18/h2-3,8,11,14-15,19H,4-7,10H2,1H3. The quantitative estimate of drug-likeness (QED) is 0.918. The molecule has 2 bridgehead atoms. The van der Waals surface area contributed by atoms with Crippen LogP contribution in [0, 0.1) is 17.2 Å². The van der Waals surface area contributed by atoms with E-state index in [1.165, 1.54) is 25.7 Å². The Kier molecular flexibility index (Phi) is 4.00. The number of hydrogen-bond acceptors (Lipinski definition) is 3. The van der Waals surface area contributed by atoms with E-state index < -0.39 is 0 Å². The topological polar surface area (TPSA) is 39.1 Å². The number of piperidine rings is 1. The summed E-state index contributed by atoms with van der Waals surface area (Å²) in [6, 6.07) is 9.59. The van der Waals surface area contributed by atoms with Crippen molar-refractivity contribution in [2.24, 2.45) is 5.92 Å². The fraction of sp³-hybridized carbons (Fsp3) is 0.562. The zero-order valence-electron chi connectivity index (χ0n) is 11.8. The molecule has 0 saturated carbocycles. The molecule has 3 rings (SSSR count). The van der Waals surface area contributed by atoms with Gasteiger partial charge in [0, 0.05) is 23.1 Å². The average Bonchev–Trinajstić information content (AvgIpc) is 2.66. The van der Waals surface area contributed by atoms with E-state index in [4.69, 9.17) is 5.26 Å². The van der Waals surface area contributed by atoms with Gasteiger partial charge in [-0.25, -0.2) is 0 Å². The summed E-state index contributed by atoms with van der Waals surface area (Å²) >= 11 is 3.47. The largest absolute Gasteiger partial charge is 0.384 e. The van der Waals surface area contributed by atoms with Crippen molar-refractivity contribution in [2.45, 2.75) is 37.8 Å². The van der Waals surface area contributed by atoms with Crippen molar-refractivity contribution >= 4 is 21.6 Å². The van der Waals surface area contributed by atoms with Crippen LogP contribution < -0.4 is 5.32 Å². The number of anilines is 1. The van der Waals surface area contributed by atoms with E-state index in [2.05, 4.69) is 39.3 Å². The van der Waals surface area contributed by atoms with Gasteiger partial charge in [0.1, 0.15) is 6.07 Å². The second kappa shape index (κ2) is 5.75. The zero-order chi connectivity index (χ0) is 14.1. The number of hydrogen-bond donors (Lipinski definition) is 1. The fourth-order valence-electron chi connectivity index (χ4n) is 3.71. The molecule has 2 atom stereocenters. The van der Waals surface area contributed by atoms with Gasteiger partial charge in [0.15, 0.2) is 0 Å². The Balaban J connectivity index is 1.63. The summed E-state index contributed by atoms with van der Waals surface area (Å²) in [4.78, 5) is 2.57. The third kappa shape index (κ3) is 2.70. The van der Waals surface area contributed by atoms with Gasteiger partial charge in [-0.2, -0.15) is 5.26 Å². The van der Waals surface area contributed by atoms with Crippen LogP contribution in [-0.4, -0.2) is 30.6 Å². The number of nitrogens with zero attached hydrogens (tertiary/aromatic N) is 2. The van der Waals surface area contributed by atoms with Crippen molar-refractivity contribution < 1.29 is 0 Å². The second-order valence-corrected chi connectivity index (χ2v) is 6.99. The molecule has 2 aliphatic heterocycles. The lowest BCUT2D eigenvalue weighted by Crippen LogP contribution is -2.41. The van der Waals surface area contributed by atoms with E-state index in [0.717, 1.165) is 40.3 Å². The minimum Gasteiger partial charge on any atom is -0.384 e. The van der Waals surface area contributed by atoms with Crippen molar-refractivity contribution in [3.05, 3.63) is 28.2 Å². The van der Waals surface area contributed by atoms with E-state index in [0.29, 0.717) is 0 Å². The number of nitrogens with one attached hydrogen (secondary N) is 1. The van der Waals surface area contributed by atoms with Crippen molar-refractivity contribution in [2.75, 3.05) is 18.9 Å². The van der Waals surface area contributed by atoms with E-state index in [9.17, 15) is 0 Å². The molecule has 0 amide bonds. The summed E-state index contributed by atoms with van der Waals surface area (Å²) in [7, 11) is 2.27.